The monoisotopic (exact) mass is 520 g/mol. The lowest BCUT2D eigenvalue weighted by Gasteiger charge is -2.43. The molecule has 2 aliphatic heterocycles. The summed E-state index contributed by atoms with van der Waals surface area (Å²) in [5.41, 5.74) is 1.10. The van der Waals surface area contributed by atoms with E-state index < -0.39 is 24.3 Å². The number of imide groups is 1. The predicted molar refractivity (Wildman–Crippen MR) is 117 cm³/mol. The minimum Gasteiger partial charge on any atom is -0.480 e. The Balaban J connectivity index is 1.45. The molecule has 0 unspecified atom stereocenters. The number of fused-ring (bicyclic) bond motifs is 9. The van der Waals surface area contributed by atoms with Gasteiger partial charge in [-0.3, -0.25) is 24.1 Å². The van der Waals surface area contributed by atoms with Crippen molar-refractivity contribution < 1.29 is 19.5 Å². The van der Waals surface area contributed by atoms with E-state index in [2.05, 4.69) is 33.0 Å². The molecule has 2 aromatic rings. The molecule has 2 aliphatic carbocycles. The normalized spacial score (nSPS) is 35.3. The number of H-pyrrole nitrogens is 1. The number of carboxylic acid groups (broad SMARTS) is 1. The molecule has 31 heavy (non-hydrogen) atoms. The van der Waals surface area contributed by atoms with E-state index in [1.807, 2.05) is 12.1 Å². The molecule has 1 aromatic heterocycles. The van der Waals surface area contributed by atoms with Crippen LogP contribution in [0.2, 0.25) is 0 Å². The van der Waals surface area contributed by atoms with Crippen molar-refractivity contribution in [3.63, 3.8) is 0 Å². The fraction of sp³-hybridized carbons (Fsp3) is 0.429. The van der Waals surface area contributed by atoms with Crippen molar-refractivity contribution in [3.05, 3.63) is 48.8 Å². The van der Waals surface area contributed by atoms with Crippen LogP contribution in [0.3, 0.4) is 0 Å². The number of halogens is 1. The summed E-state index contributed by atoms with van der Waals surface area (Å²) in [6.45, 7) is -0.566. The highest BCUT2D eigenvalue weighted by molar-refractivity contribution is 9.10. The van der Waals surface area contributed by atoms with Gasteiger partial charge in [0.1, 0.15) is 6.54 Å². The van der Waals surface area contributed by atoms with Gasteiger partial charge in [0.2, 0.25) is 11.8 Å². The third-order valence-electron chi connectivity index (χ3n) is 7.34. The summed E-state index contributed by atoms with van der Waals surface area (Å²) in [6, 6.07) is 8.07. The summed E-state index contributed by atoms with van der Waals surface area (Å²) in [5, 5.41) is 10.1. The predicted octanol–water partition coefficient (Wildman–Crippen LogP) is 2.76. The van der Waals surface area contributed by atoms with E-state index in [-0.39, 0.29) is 45.6 Å². The maximum atomic E-state index is 13.1. The Morgan fingerprint density at radius 3 is 2.48 bits per heavy atom. The van der Waals surface area contributed by atoms with Crippen LogP contribution in [0.15, 0.2) is 38.6 Å². The van der Waals surface area contributed by atoms with Crippen molar-refractivity contribution in [2.45, 2.75) is 22.6 Å². The van der Waals surface area contributed by atoms with Crippen LogP contribution in [0.1, 0.15) is 22.8 Å². The number of aromatic amines is 1. The molecule has 6 rings (SSSR count). The molecule has 2 amide bonds. The second-order valence-electron chi connectivity index (χ2n) is 8.67. The van der Waals surface area contributed by atoms with Crippen molar-refractivity contribution in [3.8, 4) is 0 Å². The maximum absolute atomic E-state index is 13.1. The number of nitrogens with one attached hydrogen (secondary N) is 1. The smallest absolute Gasteiger partial charge is 0.323 e. The van der Waals surface area contributed by atoms with Crippen LogP contribution >= 0.6 is 39.0 Å². The van der Waals surface area contributed by atoms with Crippen LogP contribution < -0.4 is 4.87 Å². The number of rotatable bonds is 3. The molecule has 1 aromatic carbocycles. The van der Waals surface area contributed by atoms with E-state index in [0.717, 1.165) is 31.3 Å². The highest BCUT2D eigenvalue weighted by Gasteiger charge is 2.69. The minimum atomic E-state index is -1.17. The molecule has 2 bridgehead atoms. The Hall–Kier alpha value is -1.91. The molecule has 3 heterocycles. The van der Waals surface area contributed by atoms with E-state index in [4.69, 9.17) is 5.11 Å². The molecule has 3 fully saturated rings. The summed E-state index contributed by atoms with van der Waals surface area (Å²) < 4.78 is 0.967. The number of aromatic nitrogens is 1. The van der Waals surface area contributed by atoms with Crippen LogP contribution in [0.4, 0.5) is 0 Å². The lowest BCUT2D eigenvalue weighted by molar-refractivity contribution is -0.149. The Labute approximate surface area is 193 Å². The van der Waals surface area contributed by atoms with E-state index in [1.165, 1.54) is 11.3 Å². The van der Waals surface area contributed by atoms with E-state index in [9.17, 15) is 19.2 Å². The van der Waals surface area contributed by atoms with Gasteiger partial charge in [0.25, 0.3) is 0 Å². The van der Waals surface area contributed by atoms with Gasteiger partial charge in [-0.25, -0.2) is 0 Å². The number of hydrogen-bond donors (Lipinski definition) is 2. The van der Waals surface area contributed by atoms with Gasteiger partial charge in [0, 0.05) is 20.5 Å². The van der Waals surface area contributed by atoms with Crippen molar-refractivity contribution in [1.82, 2.24) is 9.88 Å². The number of hydrogen-bond acceptors (Lipinski definition) is 6. The fourth-order valence-electron chi connectivity index (χ4n) is 6.41. The molecular formula is C21H17BrN2O5S2. The van der Waals surface area contributed by atoms with Crippen LogP contribution in [0, 0.1) is 29.6 Å². The number of likely N-dealkylation sites (tertiary alicyclic amines) is 1. The molecule has 4 aliphatic rings. The van der Waals surface area contributed by atoms with Crippen LogP contribution in [-0.2, 0) is 14.4 Å². The second kappa shape index (κ2) is 6.79. The molecule has 2 N–H and O–H groups in total. The molecule has 0 spiro atoms. The van der Waals surface area contributed by atoms with Gasteiger partial charge in [0.15, 0.2) is 0 Å². The summed E-state index contributed by atoms with van der Waals surface area (Å²) in [4.78, 5) is 54.4. The van der Waals surface area contributed by atoms with Gasteiger partial charge >= 0.3 is 10.8 Å². The molecule has 7 atom stereocenters. The number of nitrogens with zero attached hydrogens (tertiary/aromatic N) is 1. The first-order chi connectivity index (χ1) is 14.8. The molecule has 10 heteroatoms. The third kappa shape index (κ3) is 2.70. The summed E-state index contributed by atoms with van der Waals surface area (Å²) in [5.74, 6) is -2.63. The van der Waals surface area contributed by atoms with Crippen LogP contribution in [-0.4, -0.2) is 44.6 Å². The topological polar surface area (TPSA) is 108 Å². The zero-order valence-corrected chi connectivity index (χ0v) is 19.2. The average Bonchev–Trinajstić information content (AvgIpc) is 3.44. The first-order valence-electron chi connectivity index (χ1n) is 10.1. The molecule has 1 saturated heterocycles. The minimum absolute atomic E-state index is 0.00161. The number of thioether (sulfide) groups is 1. The first kappa shape index (κ1) is 19.8. The van der Waals surface area contributed by atoms with Crippen LogP contribution in [0.25, 0.3) is 0 Å². The maximum Gasteiger partial charge on any atom is 0.323 e. The lowest BCUT2D eigenvalue weighted by Crippen LogP contribution is -2.42. The Morgan fingerprint density at radius 1 is 1.13 bits per heavy atom. The second-order valence-corrected chi connectivity index (χ2v) is 11.8. The molecular weight excluding hydrogens is 504 g/mol. The molecule has 7 nitrogen and oxygen atoms in total. The number of carboxylic acids is 1. The average molecular weight is 521 g/mol. The molecule has 160 valence electrons. The summed E-state index contributed by atoms with van der Waals surface area (Å²) in [6.07, 6.45) is 0.794. The SMILES string of the molecule is O=C(O)CN1C(=O)[C@@H]2[C@H]3C[C@@H]([C@@H]2C1=O)[C@H]1[C@@H](c2ccc(Br)cc2)c2sc(=O)[nH]c2S[C@H]31. The first-order valence-corrected chi connectivity index (χ1v) is 12.6. The van der Waals surface area contributed by atoms with Gasteiger partial charge in [-0.2, -0.15) is 0 Å². The Bertz CT molecular complexity index is 1190. The number of carbonyl (C=O) groups excluding carboxylic acids is 2. The van der Waals surface area contributed by atoms with Gasteiger partial charge in [-0.1, -0.05) is 39.4 Å². The Morgan fingerprint density at radius 2 is 1.81 bits per heavy atom. The highest BCUT2D eigenvalue weighted by Crippen LogP contribution is 2.68. The van der Waals surface area contributed by atoms with Crippen molar-refractivity contribution in [2.24, 2.45) is 29.6 Å². The number of amides is 2. The van der Waals surface area contributed by atoms with Crippen molar-refractivity contribution >= 4 is 56.8 Å². The quantitative estimate of drug-likeness (QED) is 0.602. The van der Waals surface area contributed by atoms with Crippen LogP contribution in [0.5, 0.6) is 0 Å². The largest absolute Gasteiger partial charge is 0.480 e. The zero-order chi connectivity index (χ0) is 21.6. The number of benzene rings is 1. The zero-order valence-electron chi connectivity index (χ0n) is 16.0. The standard InChI is InChI=1S/C21H17BrN2O5S2/c22-8-3-1-7(2-4-8)12-13-9-5-10(16(13)30-18-17(12)31-21(29)23-18)15-14(9)19(27)24(20(15)28)6-11(25)26/h1-4,9-10,12-16H,5-6H2,(H,23,29)(H,25,26)/t9-,10-,12-,13+,14+,15-,16-/m1/s1. The molecule has 2 saturated carbocycles. The lowest BCUT2D eigenvalue weighted by atomic mass is 9.68. The number of carbonyl (C=O) groups is 3. The Kier molecular flexibility index (Phi) is 4.33. The van der Waals surface area contributed by atoms with Gasteiger partial charge in [-0.05, 0) is 41.9 Å². The van der Waals surface area contributed by atoms with Gasteiger partial charge in [0.05, 0.1) is 16.9 Å². The van der Waals surface area contributed by atoms with Crippen molar-refractivity contribution in [2.75, 3.05) is 6.54 Å². The van der Waals surface area contributed by atoms with Crippen molar-refractivity contribution in [1.29, 1.82) is 0 Å². The van der Waals surface area contributed by atoms with E-state index in [0.29, 0.717) is 0 Å². The summed E-state index contributed by atoms with van der Waals surface area (Å²) >= 11 is 6.33. The van der Waals surface area contributed by atoms with Gasteiger partial charge < -0.3 is 10.1 Å². The number of thiazole rings is 1. The molecule has 0 radical (unpaired) electrons. The fourth-order valence-corrected chi connectivity index (χ4v) is 9.57. The van der Waals surface area contributed by atoms with E-state index >= 15 is 0 Å². The highest BCUT2D eigenvalue weighted by atomic mass is 79.9. The van der Waals surface area contributed by atoms with E-state index in [1.54, 1.807) is 11.8 Å². The van der Waals surface area contributed by atoms with Gasteiger partial charge in [-0.15, -0.1) is 11.8 Å². The third-order valence-corrected chi connectivity index (χ3v) is 10.5. The summed E-state index contributed by atoms with van der Waals surface area (Å²) in [7, 11) is 0. The number of aliphatic carboxylic acids is 1.